The molecule has 0 unspecified atom stereocenters. The second-order valence-electron chi connectivity index (χ2n) is 10.8. The summed E-state index contributed by atoms with van der Waals surface area (Å²) in [7, 11) is 3.03. The largest absolute Gasteiger partial charge is 0.497 e. The molecule has 232 valence electrons. The van der Waals surface area contributed by atoms with Crippen molar-refractivity contribution in [2.45, 2.75) is 38.4 Å². The Morgan fingerprint density at radius 3 is 2.60 bits per heavy atom. The van der Waals surface area contributed by atoms with Gasteiger partial charge in [-0.2, -0.15) is 0 Å². The fourth-order valence-corrected chi connectivity index (χ4v) is 6.61. The Labute approximate surface area is 262 Å². The number of nitrogens with zero attached hydrogens (tertiary/aromatic N) is 4. The van der Waals surface area contributed by atoms with Gasteiger partial charge in [-0.25, -0.2) is 18.7 Å². The first-order valence-electron chi connectivity index (χ1n) is 14.5. The number of hydrogen-bond acceptors (Lipinski definition) is 8. The molecule has 3 heterocycles. The Balaban J connectivity index is 1.40. The number of thiazole rings is 1. The van der Waals surface area contributed by atoms with Gasteiger partial charge >= 0.3 is 0 Å². The highest BCUT2D eigenvalue weighted by Gasteiger charge is 2.34. The van der Waals surface area contributed by atoms with Crippen LogP contribution in [0, 0.1) is 11.6 Å². The van der Waals surface area contributed by atoms with Crippen molar-refractivity contribution in [1.29, 1.82) is 0 Å². The highest BCUT2D eigenvalue weighted by Crippen LogP contribution is 2.34. The van der Waals surface area contributed by atoms with E-state index in [1.165, 1.54) is 24.9 Å². The quantitative estimate of drug-likeness (QED) is 0.223. The zero-order valence-electron chi connectivity index (χ0n) is 24.9. The van der Waals surface area contributed by atoms with Crippen molar-refractivity contribution in [3.8, 4) is 22.9 Å². The summed E-state index contributed by atoms with van der Waals surface area (Å²) < 4.78 is 41.2. The Kier molecular flexibility index (Phi) is 8.48. The van der Waals surface area contributed by atoms with Gasteiger partial charge in [-0.3, -0.25) is 14.2 Å². The van der Waals surface area contributed by atoms with Crippen LogP contribution in [0.3, 0.4) is 0 Å². The third-order valence-corrected chi connectivity index (χ3v) is 8.95. The molecule has 5 aromatic rings. The summed E-state index contributed by atoms with van der Waals surface area (Å²) in [5.74, 6) is -0.692. The Bertz CT molecular complexity index is 1930. The SMILES string of the molecule is COc1ccc(Cn2c(-c3ccc(F)cc3F)nc3sc(N4CCC[C@@H]4C(=O)N[C@H](C)c4ccccc4)nc3c2=O)c(OC)c1. The van der Waals surface area contributed by atoms with Gasteiger partial charge in [0, 0.05) is 24.2 Å². The van der Waals surface area contributed by atoms with E-state index in [2.05, 4.69) is 10.3 Å². The van der Waals surface area contributed by atoms with Crippen LogP contribution in [0.15, 0.2) is 71.5 Å². The molecule has 6 rings (SSSR count). The van der Waals surface area contributed by atoms with Gasteiger partial charge in [0.1, 0.15) is 35.0 Å². The predicted molar refractivity (Wildman–Crippen MR) is 169 cm³/mol. The highest BCUT2D eigenvalue weighted by atomic mass is 32.1. The predicted octanol–water partition coefficient (Wildman–Crippen LogP) is 5.71. The van der Waals surface area contributed by atoms with Crippen molar-refractivity contribution in [3.05, 3.63) is 99.8 Å². The lowest BCUT2D eigenvalue weighted by Gasteiger charge is -2.25. The van der Waals surface area contributed by atoms with Crippen LogP contribution in [-0.4, -0.2) is 47.2 Å². The smallest absolute Gasteiger partial charge is 0.281 e. The van der Waals surface area contributed by atoms with E-state index in [1.54, 1.807) is 18.2 Å². The van der Waals surface area contributed by atoms with Gasteiger partial charge in [0.15, 0.2) is 15.5 Å². The first-order chi connectivity index (χ1) is 21.8. The van der Waals surface area contributed by atoms with Crippen molar-refractivity contribution >= 4 is 32.7 Å². The number of amides is 1. The lowest BCUT2D eigenvalue weighted by molar-refractivity contribution is -0.122. The van der Waals surface area contributed by atoms with Crippen molar-refractivity contribution in [3.63, 3.8) is 0 Å². The Morgan fingerprint density at radius 2 is 1.87 bits per heavy atom. The lowest BCUT2D eigenvalue weighted by Crippen LogP contribution is -2.44. The topological polar surface area (TPSA) is 98.6 Å². The molecule has 1 saturated heterocycles. The molecule has 9 nitrogen and oxygen atoms in total. The summed E-state index contributed by atoms with van der Waals surface area (Å²) in [5.41, 5.74) is 1.17. The minimum Gasteiger partial charge on any atom is -0.497 e. The maximum absolute atomic E-state index is 15.1. The first-order valence-corrected chi connectivity index (χ1v) is 15.3. The van der Waals surface area contributed by atoms with E-state index in [4.69, 9.17) is 14.5 Å². The van der Waals surface area contributed by atoms with Crippen LogP contribution in [0.5, 0.6) is 11.5 Å². The number of nitrogens with one attached hydrogen (secondary N) is 1. The zero-order valence-corrected chi connectivity index (χ0v) is 25.7. The first kappa shape index (κ1) is 30.2. The van der Waals surface area contributed by atoms with E-state index in [9.17, 15) is 14.0 Å². The normalized spacial score (nSPS) is 15.3. The number of fused-ring (bicyclic) bond motifs is 1. The van der Waals surface area contributed by atoms with Crippen molar-refractivity contribution < 1.29 is 23.0 Å². The van der Waals surface area contributed by atoms with Gasteiger partial charge in [-0.1, -0.05) is 41.7 Å². The van der Waals surface area contributed by atoms with E-state index < -0.39 is 23.2 Å². The van der Waals surface area contributed by atoms with Crippen LogP contribution < -0.4 is 25.2 Å². The van der Waals surface area contributed by atoms with Gasteiger partial charge < -0.3 is 19.7 Å². The average molecular weight is 632 g/mol. The molecule has 0 saturated carbocycles. The highest BCUT2D eigenvalue weighted by molar-refractivity contribution is 7.21. The van der Waals surface area contributed by atoms with Gasteiger partial charge in [0.05, 0.1) is 32.4 Å². The van der Waals surface area contributed by atoms with Crippen LogP contribution in [-0.2, 0) is 11.3 Å². The molecule has 1 aliphatic heterocycles. The summed E-state index contributed by atoms with van der Waals surface area (Å²) >= 11 is 1.16. The number of carbonyl (C=O) groups excluding carboxylic acids is 1. The molecular formula is C33H31F2N5O4S. The molecule has 2 aromatic heterocycles. The fraction of sp³-hybridized carbons (Fsp3) is 0.273. The molecule has 0 aliphatic carbocycles. The fourth-order valence-electron chi connectivity index (χ4n) is 5.60. The molecule has 2 atom stereocenters. The third-order valence-electron chi connectivity index (χ3n) is 7.96. The van der Waals surface area contributed by atoms with E-state index in [0.717, 1.165) is 35.5 Å². The molecule has 0 radical (unpaired) electrons. The molecule has 1 aliphatic rings. The number of anilines is 1. The number of rotatable bonds is 9. The zero-order chi connectivity index (χ0) is 31.7. The van der Waals surface area contributed by atoms with Crippen LogP contribution in [0.25, 0.3) is 21.7 Å². The number of halogens is 2. The van der Waals surface area contributed by atoms with Gasteiger partial charge in [-0.05, 0) is 49.6 Å². The van der Waals surface area contributed by atoms with E-state index in [-0.39, 0.29) is 40.2 Å². The van der Waals surface area contributed by atoms with Crippen molar-refractivity contribution in [1.82, 2.24) is 19.9 Å². The number of ether oxygens (including phenoxy) is 2. The Morgan fingerprint density at radius 1 is 1.07 bits per heavy atom. The minimum absolute atomic E-state index is 0.0190. The Hall–Kier alpha value is -4.84. The lowest BCUT2D eigenvalue weighted by atomic mass is 10.1. The van der Waals surface area contributed by atoms with Crippen molar-refractivity contribution in [2.24, 2.45) is 0 Å². The maximum Gasteiger partial charge on any atom is 0.281 e. The average Bonchev–Trinajstić information content (AvgIpc) is 3.71. The van der Waals surface area contributed by atoms with Crippen LogP contribution in [0.2, 0.25) is 0 Å². The third kappa shape index (κ3) is 5.97. The summed E-state index contributed by atoms with van der Waals surface area (Å²) in [5, 5.41) is 3.58. The van der Waals surface area contributed by atoms with E-state index in [0.29, 0.717) is 35.2 Å². The number of methoxy groups -OCH3 is 2. The van der Waals surface area contributed by atoms with Gasteiger partial charge in [-0.15, -0.1) is 0 Å². The molecule has 0 bridgehead atoms. The summed E-state index contributed by atoms with van der Waals surface area (Å²) in [4.78, 5) is 39.0. The summed E-state index contributed by atoms with van der Waals surface area (Å²) in [6, 6.07) is 17.3. The number of hydrogen-bond donors (Lipinski definition) is 1. The molecule has 1 amide bonds. The molecule has 45 heavy (non-hydrogen) atoms. The second-order valence-corrected chi connectivity index (χ2v) is 11.7. The number of carbonyl (C=O) groups is 1. The minimum atomic E-state index is -0.856. The molecule has 1 N–H and O–H groups in total. The number of aromatic nitrogens is 3. The van der Waals surface area contributed by atoms with Crippen molar-refractivity contribution in [2.75, 3.05) is 25.7 Å². The molecule has 12 heteroatoms. The van der Waals surface area contributed by atoms with Crippen LogP contribution in [0.1, 0.15) is 36.9 Å². The molecule has 3 aromatic carbocycles. The van der Waals surface area contributed by atoms with Crippen LogP contribution in [0.4, 0.5) is 13.9 Å². The summed E-state index contributed by atoms with van der Waals surface area (Å²) in [6.07, 6.45) is 1.40. The van der Waals surface area contributed by atoms with Gasteiger partial charge in [0.25, 0.3) is 5.56 Å². The maximum atomic E-state index is 15.1. The summed E-state index contributed by atoms with van der Waals surface area (Å²) in [6.45, 7) is 2.49. The standard InChI is InChI=1S/C33H31F2N5O4S/c1-19(20-8-5-4-6-9-20)36-30(41)26-10-7-15-39(26)33-37-28-31(45-33)38-29(24-14-12-22(34)16-25(24)35)40(32(28)42)18-21-11-13-23(43-2)17-27(21)44-3/h4-6,8-9,11-14,16-17,19,26H,7,10,15,18H2,1-3H3,(H,36,41)/t19-,26-/m1/s1. The van der Waals surface area contributed by atoms with Crippen LogP contribution >= 0.6 is 11.3 Å². The molecular weight excluding hydrogens is 600 g/mol. The van der Waals surface area contributed by atoms with Gasteiger partial charge in [0.2, 0.25) is 5.91 Å². The van der Waals surface area contributed by atoms with E-state index >= 15 is 4.39 Å². The number of benzene rings is 3. The molecule has 0 spiro atoms. The van der Waals surface area contributed by atoms with E-state index in [1.807, 2.05) is 42.2 Å². The monoisotopic (exact) mass is 631 g/mol. The molecule has 1 fully saturated rings. The second kappa shape index (κ2) is 12.6.